The second-order valence-electron chi connectivity index (χ2n) is 3.17. The fourth-order valence-corrected chi connectivity index (χ4v) is 1.33. The lowest BCUT2D eigenvalue weighted by atomic mass is 10.4. The van der Waals surface area contributed by atoms with Crippen LogP contribution in [0.25, 0.3) is 0 Å². The summed E-state index contributed by atoms with van der Waals surface area (Å²) in [6.07, 6.45) is 4.74. The number of methoxy groups -OCH3 is 1. The van der Waals surface area contributed by atoms with Crippen LogP contribution in [0.1, 0.15) is 16.2 Å². The summed E-state index contributed by atoms with van der Waals surface area (Å²) in [7, 11) is 1.29. The van der Waals surface area contributed by atoms with Crippen LogP contribution in [0.3, 0.4) is 0 Å². The predicted octanol–water partition coefficient (Wildman–Crippen LogP) is 0.0233. The smallest absolute Gasteiger partial charge is 0.360 e. The highest BCUT2D eigenvalue weighted by molar-refractivity contribution is 5.92. The van der Waals surface area contributed by atoms with E-state index in [1.165, 1.54) is 13.4 Å². The van der Waals surface area contributed by atoms with E-state index < -0.39 is 5.97 Å². The lowest BCUT2D eigenvalue weighted by molar-refractivity contribution is 0.0596. The molecule has 2 aromatic heterocycles. The van der Waals surface area contributed by atoms with Crippen LogP contribution in [0.15, 0.2) is 18.9 Å². The van der Waals surface area contributed by atoms with E-state index in [-0.39, 0.29) is 11.5 Å². The summed E-state index contributed by atoms with van der Waals surface area (Å²) in [6, 6.07) is 0. The third-order valence-electron chi connectivity index (χ3n) is 2.15. The van der Waals surface area contributed by atoms with Gasteiger partial charge >= 0.3 is 5.97 Å². The average molecular weight is 221 g/mol. The number of nitrogen functional groups attached to an aromatic ring is 1. The van der Waals surface area contributed by atoms with Crippen molar-refractivity contribution in [2.75, 3.05) is 12.8 Å². The molecule has 7 nitrogen and oxygen atoms in total. The molecule has 0 unspecified atom stereocenters. The summed E-state index contributed by atoms with van der Waals surface area (Å²) in [5.41, 5.74) is 6.76. The molecule has 0 aliphatic rings. The quantitative estimate of drug-likeness (QED) is 0.712. The molecule has 3 N–H and O–H groups in total. The number of imidazole rings is 2. The van der Waals surface area contributed by atoms with Crippen molar-refractivity contribution in [1.29, 1.82) is 0 Å². The van der Waals surface area contributed by atoms with Crippen LogP contribution in [0, 0.1) is 0 Å². The van der Waals surface area contributed by atoms with E-state index in [9.17, 15) is 4.79 Å². The van der Waals surface area contributed by atoms with Crippen molar-refractivity contribution in [2.45, 2.75) is 6.54 Å². The molecule has 0 atom stereocenters. The number of hydrogen-bond acceptors (Lipinski definition) is 5. The van der Waals surface area contributed by atoms with E-state index in [0.717, 1.165) is 5.69 Å². The van der Waals surface area contributed by atoms with Crippen molar-refractivity contribution in [2.24, 2.45) is 0 Å². The van der Waals surface area contributed by atoms with E-state index in [0.29, 0.717) is 6.54 Å². The lowest BCUT2D eigenvalue weighted by Gasteiger charge is -2.02. The van der Waals surface area contributed by atoms with E-state index in [1.54, 1.807) is 17.1 Å². The fraction of sp³-hybridized carbons (Fsp3) is 0.222. The highest BCUT2D eigenvalue weighted by Crippen LogP contribution is 2.12. The van der Waals surface area contributed by atoms with Gasteiger partial charge in [-0.05, 0) is 0 Å². The Labute approximate surface area is 91.3 Å². The van der Waals surface area contributed by atoms with Crippen molar-refractivity contribution >= 4 is 11.8 Å². The normalized spacial score (nSPS) is 10.3. The Balaban J connectivity index is 2.23. The van der Waals surface area contributed by atoms with E-state index in [1.807, 2.05) is 0 Å². The molecule has 0 aliphatic heterocycles. The van der Waals surface area contributed by atoms with Crippen LogP contribution >= 0.6 is 0 Å². The Morgan fingerprint density at radius 3 is 3.12 bits per heavy atom. The maximum absolute atomic E-state index is 11.3. The molecule has 0 fully saturated rings. The number of anilines is 1. The number of carbonyl (C=O) groups excluding carboxylic acids is 1. The van der Waals surface area contributed by atoms with Gasteiger partial charge in [-0.25, -0.2) is 14.8 Å². The van der Waals surface area contributed by atoms with Crippen molar-refractivity contribution < 1.29 is 9.53 Å². The van der Waals surface area contributed by atoms with Gasteiger partial charge < -0.3 is 20.0 Å². The number of carbonyl (C=O) groups is 1. The second kappa shape index (κ2) is 4.05. The van der Waals surface area contributed by atoms with Crippen molar-refractivity contribution in [3.05, 3.63) is 30.2 Å². The second-order valence-corrected chi connectivity index (χ2v) is 3.17. The van der Waals surface area contributed by atoms with E-state index in [4.69, 9.17) is 5.73 Å². The van der Waals surface area contributed by atoms with Crippen LogP contribution in [-0.2, 0) is 11.3 Å². The third-order valence-corrected chi connectivity index (χ3v) is 2.15. The summed E-state index contributed by atoms with van der Waals surface area (Å²) >= 11 is 0. The zero-order chi connectivity index (χ0) is 11.5. The van der Waals surface area contributed by atoms with Crippen LogP contribution in [0.2, 0.25) is 0 Å². The van der Waals surface area contributed by atoms with Gasteiger partial charge in [0.15, 0.2) is 5.69 Å². The first-order valence-corrected chi connectivity index (χ1v) is 4.58. The average Bonchev–Trinajstić information content (AvgIpc) is 2.90. The van der Waals surface area contributed by atoms with Gasteiger partial charge in [-0.3, -0.25) is 0 Å². The zero-order valence-electron chi connectivity index (χ0n) is 8.67. The Morgan fingerprint density at radius 2 is 2.50 bits per heavy atom. The molecule has 2 rings (SSSR count). The van der Waals surface area contributed by atoms with Crippen LogP contribution in [0.4, 0.5) is 5.82 Å². The van der Waals surface area contributed by atoms with Gasteiger partial charge in [0, 0.05) is 6.20 Å². The monoisotopic (exact) mass is 221 g/mol. The Hall–Kier alpha value is -2.31. The minimum atomic E-state index is -0.541. The summed E-state index contributed by atoms with van der Waals surface area (Å²) in [5, 5.41) is 0. The van der Waals surface area contributed by atoms with Crippen molar-refractivity contribution in [3.63, 3.8) is 0 Å². The maximum Gasteiger partial charge on any atom is 0.360 e. The highest BCUT2D eigenvalue weighted by atomic mass is 16.5. The minimum Gasteiger partial charge on any atom is -0.464 e. The number of esters is 1. The molecular weight excluding hydrogens is 210 g/mol. The van der Waals surface area contributed by atoms with E-state index in [2.05, 4.69) is 19.7 Å². The molecule has 0 saturated heterocycles. The first-order chi connectivity index (χ1) is 7.72. The number of hydrogen-bond donors (Lipinski definition) is 2. The fourth-order valence-electron chi connectivity index (χ4n) is 1.33. The van der Waals surface area contributed by atoms with Gasteiger partial charge in [-0.2, -0.15) is 0 Å². The number of ether oxygens (including phenoxy) is 1. The molecule has 0 saturated carbocycles. The topological polar surface area (TPSA) is 98.8 Å². The molecule has 2 heterocycles. The molecule has 0 aliphatic carbocycles. The largest absolute Gasteiger partial charge is 0.464 e. The predicted molar refractivity (Wildman–Crippen MR) is 55.7 cm³/mol. The standard InChI is InChI=1S/C9H11N5O2/c1-16-9(15)7-8(10)14(5-13-7)3-6-2-11-4-12-6/h2,4-5H,3,10H2,1H3,(H,11,12). The Bertz CT molecular complexity index is 488. The third kappa shape index (κ3) is 1.74. The SMILES string of the molecule is COC(=O)c1ncn(Cc2cnc[nH]2)c1N. The van der Waals surface area contributed by atoms with Gasteiger partial charge in [-0.15, -0.1) is 0 Å². The lowest BCUT2D eigenvalue weighted by Crippen LogP contribution is -2.09. The number of rotatable bonds is 3. The maximum atomic E-state index is 11.3. The Kier molecular flexibility index (Phi) is 2.59. The van der Waals surface area contributed by atoms with E-state index >= 15 is 0 Å². The van der Waals surface area contributed by atoms with Crippen molar-refractivity contribution in [3.8, 4) is 0 Å². The van der Waals surface area contributed by atoms with Gasteiger partial charge in [-0.1, -0.05) is 0 Å². The van der Waals surface area contributed by atoms with Gasteiger partial charge in [0.1, 0.15) is 5.82 Å². The molecule has 0 spiro atoms. The molecule has 84 valence electrons. The number of nitrogens with one attached hydrogen (secondary N) is 1. The number of aromatic nitrogens is 4. The van der Waals surface area contributed by atoms with Gasteiger partial charge in [0.05, 0.1) is 32.0 Å². The number of aromatic amines is 1. The molecule has 0 bridgehead atoms. The Morgan fingerprint density at radius 1 is 1.69 bits per heavy atom. The summed E-state index contributed by atoms with van der Waals surface area (Å²) < 4.78 is 6.19. The summed E-state index contributed by atoms with van der Waals surface area (Å²) in [6.45, 7) is 0.482. The zero-order valence-corrected chi connectivity index (χ0v) is 8.67. The molecular formula is C9H11N5O2. The molecule has 2 aromatic rings. The van der Waals surface area contributed by atoms with Crippen LogP contribution < -0.4 is 5.73 Å². The van der Waals surface area contributed by atoms with Crippen LogP contribution in [-0.4, -0.2) is 32.6 Å². The van der Waals surface area contributed by atoms with Crippen molar-refractivity contribution in [1.82, 2.24) is 19.5 Å². The first-order valence-electron chi connectivity index (χ1n) is 4.58. The summed E-state index contributed by atoms with van der Waals surface area (Å²) in [4.78, 5) is 22.0. The number of nitrogens with zero attached hydrogens (tertiary/aromatic N) is 3. The highest BCUT2D eigenvalue weighted by Gasteiger charge is 2.16. The van der Waals surface area contributed by atoms with Gasteiger partial charge in [0.2, 0.25) is 0 Å². The molecule has 7 heteroatoms. The molecule has 0 amide bonds. The van der Waals surface area contributed by atoms with Crippen LogP contribution in [0.5, 0.6) is 0 Å². The molecule has 0 radical (unpaired) electrons. The number of H-pyrrole nitrogens is 1. The molecule has 0 aromatic carbocycles. The summed E-state index contributed by atoms with van der Waals surface area (Å²) in [5.74, 6) is -0.262. The number of nitrogens with two attached hydrogens (primary N) is 1. The van der Waals surface area contributed by atoms with Gasteiger partial charge in [0.25, 0.3) is 0 Å². The first kappa shape index (κ1) is 10.2. The molecule has 16 heavy (non-hydrogen) atoms. The minimum absolute atomic E-state index is 0.127.